The van der Waals surface area contributed by atoms with Crippen LogP contribution in [0.5, 0.6) is 0 Å². The van der Waals surface area contributed by atoms with Gasteiger partial charge in [0.1, 0.15) is 0 Å². The minimum atomic E-state index is -0.420. The molecule has 0 radical (unpaired) electrons. The Morgan fingerprint density at radius 2 is 1.82 bits per heavy atom. The molecule has 0 aliphatic rings. The Morgan fingerprint density at radius 1 is 1.07 bits per heavy atom. The van der Waals surface area contributed by atoms with Crippen LogP contribution in [0.4, 0.5) is 0 Å². The van der Waals surface area contributed by atoms with Crippen molar-refractivity contribution < 1.29 is 4.79 Å². The highest BCUT2D eigenvalue weighted by molar-refractivity contribution is 6.18. The fourth-order valence-electron chi connectivity index (χ4n) is 3.76. The number of hydrogen-bond acceptors (Lipinski definition) is 2. The number of carbonyl (C=O) groups is 1. The highest BCUT2D eigenvalue weighted by Crippen LogP contribution is 2.34. The van der Waals surface area contributed by atoms with Crippen molar-refractivity contribution in [1.29, 1.82) is 5.26 Å². The number of carbonyl (C=O) groups excluding carboxylic acids is 1. The second-order valence-electron chi connectivity index (χ2n) is 7.39. The standard InChI is InChI=1S/C24H21N3O/c1-15(2)18-10-11-19-22(12-18)27(14-17-8-6-16(13-25)7-9-17)21-5-3-4-20(23(19)21)24(26)28/h3-12,15H,14H2,1-2H3,(H2,26,28). The first-order valence-corrected chi connectivity index (χ1v) is 9.33. The second kappa shape index (κ2) is 6.86. The number of fused-ring (bicyclic) bond motifs is 3. The van der Waals surface area contributed by atoms with Gasteiger partial charge in [0, 0.05) is 28.4 Å². The van der Waals surface area contributed by atoms with Gasteiger partial charge in [-0.15, -0.1) is 0 Å². The van der Waals surface area contributed by atoms with Crippen LogP contribution in [0, 0.1) is 11.3 Å². The number of primary amides is 1. The minimum Gasteiger partial charge on any atom is -0.366 e. The average molecular weight is 367 g/mol. The van der Waals surface area contributed by atoms with Crippen LogP contribution in [-0.2, 0) is 6.54 Å². The Morgan fingerprint density at radius 3 is 2.46 bits per heavy atom. The van der Waals surface area contributed by atoms with Crippen LogP contribution in [0.25, 0.3) is 21.8 Å². The first kappa shape index (κ1) is 17.8. The average Bonchev–Trinajstić information content (AvgIpc) is 3.01. The molecule has 0 saturated carbocycles. The summed E-state index contributed by atoms with van der Waals surface area (Å²) in [6.07, 6.45) is 0. The monoisotopic (exact) mass is 367 g/mol. The van der Waals surface area contributed by atoms with Gasteiger partial charge in [-0.25, -0.2) is 0 Å². The summed E-state index contributed by atoms with van der Waals surface area (Å²) >= 11 is 0. The number of aromatic nitrogens is 1. The summed E-state index contributed by atoms with van der Waals surface area (Å²) < 4.78 is 2.23. The summed E-state index contributed by atoms with van der Waals surface area (Å²) in [6.45, 7) is 4.99. The van der Waals surface area contributed by atoms with Gasteiger partial charge in [-0.2, -0.15) is 5.26 Å². The number of nitriles is 1. The smallest absolute Gasteiger partial charge is 0.249 e. The predicted molar refractivity (Wildman–Crippen MR) is 112 cm³/mol. The molecule has 138 valence electrons. The third kappa shape index (κ3) is 2.91. The van der Waals surface area contributed by atoms with E-state index < -0.39 is 5.91 Å². The summed E-state index contributed by atoms with van der Waals surface area (Å²) in [4.78, 5) is 12.1. The first-order valence-electron chi connectivity index (χ1n) is 9.33. The van der Waals surface area contributed by atoms with Crippen LogP contribution in [0.3, 0.4) is 0 Å². The molecule has 4 rings (SSSR count). The molecule has 0 atom stereocenters. The molecule has 1 heterocycles. The molecule has 0 spiro atoms. The molecule has 0 aliphatic heterocycles. The van der Waals surface area contributed by atoms with Gasteiger partial charge < -0.3 is 10.3 Å². The third-order valence-corrected chi connectivity index (χ3v) is 5.27. The van der Waals surface area contributed by atoms with E-state index in [4.69, 9.17) is 11.0 Å². The molecule has 4 heteroatoms. The largest absolute Gasteiger partial charge is 0.366 e. The zero-order valence-electron chi connectivity index (χ0n) is 15.9. The van der Waals surface area contributed by atoms with Crippen molar-refractivity contribution in [2.45, 2.75) is 26.3 Å². The number of hydrogen-bond donors (Lipinski definition) is 1. The van der Waals surface area contributed by atoms with Crippen LogP contribution < -0.4 is 5.73 Å². The Hall–Kier alpha value is -3.58. The minimum absolute atomic E-state index is 0.404. The highest BCUT2D eigenvalue weighted by Gasteiger charge is 2.17. The number of nitrogens with zero attached hydrogens (tertiary/aromatic N) is 2. The molecule has 28 heavy (non-hydrogen) atoms. The van der Waals surface area contributed by atoms with Gasteiger partial charge in [0.25, 0.3) is 0 Å². The van der Waals surface area contributed by atoms with Crippen molar-refractivity contribution in [1.82, 2.24) is 4.57 Å². The van der Waals surface area contributed by atoms with Crippen LogP contribution in [0.15, 0.2) is 60.7 Å². The van der Waals surface area contributed by atoms with Gasteiger partial charge >= 0.3 is 0 Å². The molecule has 0 bridgehead atoms. The van der Waals surface area contributed by atoms with Crippen LogP contribution >= 0.6 is 0 Å². The van der Waals surface area contributed by atoms with E-state index >= 15 is 0 Å². The van der Waals surface area contributed by atoms with E-state index in [1.807, 2.05) is 36.4 Å². The fraction of sp³-hybridized carbons (Fsp3) is 0.167. The number of benzene rings is 3. The summed E-state index contributed by atoms with van der Waals surface area (Å²) in [5.41, 5.74) is 11.3. The molecule has 4 nitrogen and oxygen atoms in total. The molecule has 0 unspecified atom stereocenters. The van der Waals surface area contributed by atoms with Crippen LogP contribution in [0.2, 0.25) is 0 Å². The molecule has 0 fully saturated rings. The first-order chi connectivity index (χ1) is 13.5. The maximum Gasteiger partial charge on any atom is 0.249 e. The summed E-state index contributed by atoms with van der Waals surface area (Å²) in [5.74, 6) is -0.0163. The Bertz CT molecular complexity index is 1240. The maximum atomic E-state index is 12.1. The van der Waals surface area contributed by atoms with Crippen molar-refractivity contribution in [3.8, 4) is 6.07 Å². The van der Waals surface area contributed by atoms with Gasteiger partial charge in [-0.3, -0.25) is 4.79 Å². The Labute approximate surface area is 163 Å². The molecule has 1 aromatic heterocycles. The quantitative estimate of drug-likeness (QED) is 0.555. The molecule has 1 amide bonds. The number of amides is 1. The molecule has 0 saturated heterocycles. The van der Waals surface area contributed by atoms with Crippen LogP contribution in [0.1, 0.15) is 46.8 Å². The van der Waals surface area contributed by atoms with Gasteiger partial charge in [-0.1, -0.05) is 44.2 Å². The van der Waals surface area contributed by atoms with Crippen molar-refractivity contribution in [3.63, 3.8) is 0 Å². The van der Waals surface area contributed by atoms with E-state index in [1.54, 1.807) is 6.07 Å². The van der Waals surface area contributed by atoms with Gasteiger partial charge in [0.15, 0.2) is 0 Å². The molecule has 3 aromatic carbocycles. The van der Waals surface area contributed by atoms with E-state index in [0.29, 0.717) is 23.6 Å². The topological polar surface area (TPSA) is 71.8 Å². The van der Waals surface area contributed by atoms with Crippen molar-refractivity contribution in [3.05, 3.63) is 82.9 Å². The lowest BCUT2D eigenvalue weighted by Gasteiger charge is -2.10. The van der Waals surface area contributed by atoms with Crippen molar-refractivity contribution >= 4 is 27.7 Å². The molecule has 4 aromatic rings. The van der Waals surface area contributed by atoms with E-state index in [2.05, 4.69) is 42.7 Å². The van der Waals surface area contributed by atoms with Crippen LogP contribution in [-0.4, -0.2) is 10.5 Å². The van der Waals surface area contributed by atoms with Crippen molar-refractivity contribution in [2.75, 3.05) is 0 Å². The van der Waals surface area contributed by atoms with Crippen molar-refractivity contribution in [2.24, 2.45) is 5.73 Å². The second-order valence-corrected chi connectivity index (χ2v) is 7.39. The lowest BCUT2D eigenvalue weighted by atomic mass is 10.00. The van der Waals surface area contributed by atoms with E-state index in [9.17, 15) is 4.79 Å². The van der Waals surface area contributed by atoms with E-state index in [0.717, 1.165) is 27.4 Å². The van der Waals surface area contributed by atoms with Gasteiger partial charge in [0.2, 0.25) is 5.91 Å². The number of rotatable bonds is 4. The summed E-state index contributed by atoms with van der Waals surface area (Å²) in [7, 11) is 0. The number of nitrogens with two attached hydrogens (primary N) is 1. The zero-order chi connectivity index (χ0) is 19.8. The zero-order valence-corrected chi connectivity index (χ0v) is 15.9. The third-order valence-electron chi connectivity index (χ3n) is 5.27. The highest BCUT2D eigenvalue weighted by atomic mass is 16.1. The lowest BCUT2D eigenvalue weighted by molar-refractivity contribution is 0.100. The SMILES string of the molecule is CC(C)c1ccc2c3c(C(N)=O)cccc3n(Cc3ccc(C#N)cc3)c2c1. The van der Waals surface area contributed by atoms with E-state index in [-0.39, 0.29) is 0 Å². The predicted octanol–water partition coefficient (Wildman–Crippen LogP) is 4.94. The maximum absolute atomic E-state index is 12.1. The molecule has 2 N–H and O–H groups in total. The normalized spacial score (nSPS) is 11.2. The summed E-state index contributed by atoms with van der Waals surface area (Å²) in [6, 6.07) is 21.9. The lowest BCUT2D eigenvalue weighted by Crippen LogP contribution is -2.11. The van der Waals surface area contributed by atoms with Gasteiger partial charge in [-0.05, 0) is 47.4 Å². The Kier molecular flexibility index (Phi) is 4.37. The van der Waals surface area contributed by atoms with Gasteiger partial charge in [0.05, 0.1) is 17.1 Å². The van der Waals surface area contributed by atoms with E-state index in [1.165, 1.54) is 5.56 Å². The molecule has 0 aliphatic carbocycles. The molecular formula is C24H21N3O. The fourth-order valence-corrected chi connectivity index (χ4v) is 3.76. The summed E-state index contributed by atoms with van der Waals surface area (Å²) in [5, 5.41) is 11.0. The Balaban J connectivity index is 2.00. The molecular weight excluding hydrogens is 346 g/mol.